The van der Waals surface area contributed by atoms with Crippen molar-refractivity contribution < 1.29 is 18.3 Å². The Bertz CT molecular complexity index is 494. The predicted octanol–water partition coefficient (Wildman–Crippen LogP) is 0.980. The number of aliphatic hydroxyl groups excluding tert-OH is 1. The van der Waals surface area contributed by atoms with Crippen molar-refractivity contribution in [1.82, 2.24) is 9.88 Å². The topological polar surface area (TPSA) is 54.3 Å². The number of nitrogens with zero attached hydrogens (tertiary/aromatic N) is 1. The van der Waals surface area contributed by atoms with Gasteiger partial charge in [-0.2, -0.15) is 13.2 Å². The largest absolute Gasteiger partial charge is 0.417 e. The zero-order valence-corrected chi connectivity index (χ0v) is 10.2. The third kappa shape index (κ3) is 4.07. The van der Waals surface area contributed by atoms with Crippen LogP contribution in [0.3, 0.4) is 0 Å². The van der Waals surface area contributed by atoms with Gasteiger partial charge in [0.25, 0.3) is 5.56 Å². The van der Waals surface area contributed by atoms with Gasteiger partial charge in [-0.1, -0.05) is 0 Å². The first-order chi connectivity index (χ1) is 8.86. The summed E-state index contributed by atoms with van der Waals surface area (Å²) >= 11 is 0. The van der Waals surface area contributed by atoms with E-state index in [2.05, 4.69) is 5.32 Å². The molecule has 1 fully saturated rings. The summed E-state index contributed by atoms with van der Waals surface area (Å²) in [7, 11) is 0. The standard InChI is InChI=1S/C12H15F3N2O2/c13-12(14,15)8-1-4-11(19)17(6-8)7-10(18)5-16-9-2-3-9/h1,4,6,9-10,16,18H,2-3,5,7H2. The summed E-state index contributed by atoms with van der Waals surface area (Å²) in [6.07, 6.45) is -2.54. The molecule has 1 atom stereocenters. The molecule has 1 aromatic heterocycles. The van der Waals surface area contributed by atoms with Crippen molar-refractivity contribution in [3.8, 4) is 0 Å². The third-order valence-electron chi connectivity index (χ3n) is 2.94. The van der Waals surface area contributed by atoms with E-state index in [1.54, 1.807) is 0 Å². The van der Waals surface area contributed by atoms with E-state index in [-0.39, 0.29) is 13.1 Å². The third-order valence-corrected chi connectivity index (χ3v) is 2.94. The van der Waals surface area contributed by atoms with Crippen molar-refractivity contribution in [3.63, 3.8) is 0 Å². The normalized spacial score (nSPS) is 17.5. The minimum absolute atomic E-state index is 0.150. The van der Waals surface area contributed by atoms with Gasteiger partial charge in [-0.15, -0.1) is 0 Å². The minimum Gasteiger partial charge on any atom is -0.390 e. The summed E-state index contributed by atoms with van der Waals surface area (Å²) in [5, 5.41) is 12.7. The Morgan fingerprint density at radius 2 is 2.11 bits per heavy atom. The number of nitrogens with one attached hydrogen (secondary N) is 1. The second-order valence-corrected chi connectivity index (χ2v) is 4.74. The first-order valence-electron chi connectivity index (χ1n) is 6.05. The fourth-order valence-corrected chi connectivity index (χ4v) is 1.72. The van der Waals surface area contributed by atoms with Crippen LogP contribution in [0.4, 0.5) is 13.2 Å². The second kappa shape index (κ2) is 5.34. The number of aliphatic hydroxyl groups is 1. The summed E-state index contributed by atoms with van der Waals surface area (Å²) in [4.78, 5) is 11.4. The molecule has 1 saturated carbocycles. The van der Waals surface area contributed by atoms with Crippen LogP contribution in [0.5, 0.6) is 0 Å². The smallest absolute Gasteiger partial charge is 0.390 e. The van der Waals surface area contributed by atoms with E-state index in [0.29, 0.717) is 6.04 Å². The highest BCUT2D eigenvalue weighted by molar-refractivity contribution is 5.13. The molecule has 0 spiro atoms. The van der Waals surface area contributed by atoms with E-state index in [9.17, 15) is 23.1 Å². The van der Waals surface area contributed by atoms with E-state index < -0.39 is 23.4 Å². The maximum absolute atomic E-state index is 12.5. The second-order valence-electron chi connectivity index (χ2n) is 4.74. The molecule has 2 N–H and O–H groups in total. The number of hydrogen-bond acceptors (Lipinski definition) is 3. The number of hydrogen-bond donors (Lipinski definition) is 2. The Labute approximate surface area is 107 Å². The number of pyridine rings is 1. The Morgan fingerprint density at radius 3 is 2.68 bits per heavy atom. The summed E-state index contributed by atoms with van der Waals surface area (Å²) in [6, 6.07) is 2.00. The molecule has 7 heteroatoms. The van der Waals surface area contributed by atoms with Crippen molar-refractivity contribution in [1.29, 1.82) is 0 Å². The van der Waals surface area contributed by atoms with Crippen LogP contribution in [0, 0.1) is 0 Å². The number of halogens is 3. The summed E-state index contributed by atoms with van der Waals surface area (Å²) in [6.45, 7) is 0.121. The van der Waals surface area contributed by atoms with Crippen molar-refractivity contribution in [2.45, 2.75) is 37.7 Å². The Kier molecular flexibility index (Phi) is 3.96. The lowest BCUT2D eigenvalue weighted by Crippen LogP contribution is -2.34. The molecule has 1 aromatic rings. The average Bonchev–Trinajstić information content (AvgIpc) is 3.12. The van der Waals surface area contributed by atoms with E-state index >= 15 is 0 Å². The minimum atomic E-state index is -4.49. The molecule has 0 aromatic carbocycles. The molecule has 0 radical (unpaired) electrons. The zero-order chi connectivity index (χ0) is 14.0. The lowest BCUT2D eigenvalue weighted by atomic mass is 10.2. The van der Waals surface area contributed by atoms with Crippen LogP contribution in [0.1, 0.15) is 18.4 Å². The highest BCUT2D eigenvalue weighted by Crippen LogP contribution is 2.28. The molecule has 0 amide bonds. The van der Waals surface area contributed by atoms with Crippen LogP contribution in [0.15, 0.2) is 23.1 Å². The highest BCUT2D eigenvalue weighted by Gasteiger charge is 2.31. The fourth-order valence-electron chi connectivity index (χ4n) is 1.72. The summed E-state index contributed by atoms with van der Waals surface area (Å²) < 4.78 is 38.4. The lowest BCUT2D eigenvalue weighted by molar-refractivity contribution is -0.138. The van der Waals surface area contributed by atoms with Gasteiger partial charge in [0.15, 0.2) is 0 Å². The molecule has 4 nitrogen and oxygen atoms in total. The van der Waals surface area contributed by atoms with Gasteiger partial charge >= 0.3 is 6.18 Å². The van der Waals surface area contributed by atoms with Crippen LogP contribution in [0.2, 0.25) is 0 Å². The van der Waals surface area contributed by atoms with Crippen LogP contribution in [-0.2, 0) is 12.7 Å². The maximum atomic E-state index is 12.5. The molecule has 106 valence electrons. The van der Waals surface area contributed by atoms with Gasteiger partial charge in [0, 0.05) is 24.8 Å². The molecule has 1 heterocycles. The molecule has 1 unspecified atom stereocenters. The average molecular weight is 276 g/mol. The molecule has 0 bridgehead atoms. The molecule has 1 aliphatic rings. The van der Waals surface area contributed by atoms with Gasteiger partial charge in [-0.05, 0) is 18.9 Å². The maximum Gasteiger partial charge on any atom is 0.417 e. The van der Waals surface area contributed by atoms with E-state index in [4.69, 9.17) is 0 Å². The van der Waals surface area contributed by atoms with Gasteiger partial charge in [0.1, 0.15) is 0 Å². The van der Waals surface area contributed by atoms with Crippen molar-refractivity contribution in [2.75, 3.05) is 6.54 Å². The van der Waals surface area contributed by atoms with Crippen LogP contribution < -0.4 is 10.9 Å². The van der Waals surface area contributed by atoms with Gasteiger partial charge in [-0.25, -0.2) is 0 Å². The van der Waals surface area contributed by atoms with Crippen LogP contribution in [0.25, 0.3) is 0 Å². The molecule has 0 aliphatic heterocycles. The first kappa shape index (κ1) is 14.1. The van der Waals surface area contributed by atoms with Crippen molar-refractivity contribution in [3.05, 3.63) is 34.2 Å². The highest BCUT2D eigenvalue weighted by atomic mass is 19.4. The lowest BCUT2D eigenvalue weighted by Gasteiger charge is -2.15. The summed E-state index contributed by atoms with van der Waals surface area (Å²) in [5.41, 5.74) is -1.45. The van der Waals surface area contributed by atoms with Gasteiger partial charge in [0.2, 0.25) is 0 Å². The molecule has 19 heavy (non-hydrogen) atoms. The number of alkyl halides is 3. The molecule has 2 rings (SSSR count). The first-order valence-corrected chi connectivity index (χ1v) is 6.05. The van der Waals surface area contributed by atoms with E-state index in [0.717, 1.165) is 35.7 Å². The molecule has 1 aliphatic carbocycles. The fraction of sp³-hybridized carbons (Fsp3) is 0.583. The van der Waals surface area contributed by atoms with E-state index in [1.165, 1.54) is 0 Å². The number of aromatic nitrogens is 1. The monoisotopic (exact) mass is 276 g/mol. The van der Waals surface area contributed by atoms with Gasteiger partial charge in [-0.3, -0.25) is 4.79 Å². The quantitative estimate of drug-likeness (QED) is 0.843. The molecular weight excluding hydrogens is 261 g/mol. The molecular formula is C12H15F3N2O2. The zero-order valence-electron chi connectivity index (χ0n) is 10.2. The number of rotatable bonds is 5. The van der Waals surface area contributed by atoms with E-state index in [1.807, 2.05) is 0 Å². The van der Waals surface area contributed by atoms with Crippen LogP contribution >= 0.6 is 0 Å². The van der Waals surface area contributed by atoms with Gasteiger partial charge < -0.3 is 15.0 Å². The Morgan fingerprint density at radius 1 is 1.42 bits per heavy atom. The predicted molar refractivity (Wildman–Crippen MR) is 62.7 cm³/mol. The molecule has 0 saturated heterocycles. The Balaban J connectivity index is 2.03. The van der Waals surface area contributed by atoms with Crippen LogP contribution in [-0.4, -0.2) is 28.4 Å². The summed E-state index contributed by atoms with van der Waals surface area (Å²) in [5.74, 6) is 0. The Hall–Kier alpha value is -1.34. The SMILES string of the molecule is O=c1ccc(C(F)(F)F)cn1CC(O)CNC1CC1. The van der Waals surface area contributed by atoms with Crippen molar-refractivity contribution >= 4 is 0 Å². The van der Waals surface area contributed by atoms with Crippen molar-refractivity contribution in [2.24, 2.45) is 0 Å². The van der Waals surface area contributed by atoms with Gasteiger partial charge in [0.05, 0.1) is 18.2 Å².